The summed E-state index contributed by atoms with van der Waals surface area (Å²) in [5.74, 6) is 0.651. The van der Waals surface area contributed by atoms with E-state index in [4.69, 9.17) is 5.73 Å². The van der Waals surface area contributed by atoms with E-state index >= 15 is 0 Å². The van der Waals surface area contributed by atoms with Gasteiger partial charge >= 0.3 is 0 Å². The second-order valence-corrected chi connectivity index (χ2v) is 7.62. The van der Waals surface area contributed by atoms with Crippen molar-refractivity contribution in [2.75, 3.05) is 18.6 Å². The fraction of sp³-hybridized carbons (Fsp3) is 0.571. The fourth-order valence-electron chi connectivity index (χ4n) is 1.95. The fourth-order valence-corrected chi connectivity index (χ4v) is 3.65. The summed E-state index contributed by atoms with van der Waals surface area (Å²) in [6, 6.07) is 2.64. The lowest BCUT2D eigenvalue weighted by Crippen LogP contribution is -2.25. The van der Waals surface area contributed by atoms with E-state index in [0.717, 1.165) is 25.0 Å². The molecule has 3 N–H and O–H groups in total. The maximum atomic E-state index is 13.7. The number of nitrogens with two attached hydrogens (primary N) is 1. The van der Waals surface area contributed by atoms with Crippen LogP contribution in [-0.4, -0.2) is 27.0 Å². The molecule has 1 aromatic carbocycles. The summed E-state index contributed by atoms with van der Waals surface area (Å²) >= 11 is 1.78. The zero-order valence-electron chi connectivity index (χ0n) is 12.5. The molecular formula is C14H23FN2O2S2. The molecule has 1 rings (SSSR count). The smallest absolute Gasteiger partial charge is 0.240 e. The lowest BCUT2D eigenvalue weighted by atomic mass is 10.1. The molecule has 0 aliphatic rings. The molecule has 0 spiro atoms. The highest BCUT2D eigenvalue weighted by molar-refractivity contribution is 7.98. The Balaban J connectivity index is 2.68. The van der Waals surface area contributed by atoms with Gasteiger partial charge in [0.15, 0.2) is 0 Å². The lowest BCUT2D eigenvalue weighted by molar-refractivity contribution is 0.573. The van der Waals surface area contributed by atoms with Crippen molar-refractivity contribution in [3.63, 3.8) is 0 Å². The molecule has 0 fully saturated rings. The predicted molar refractivity (Wildman–Crippen MR) is 86.4 cm³/mol. The van der Waals surface area contributed by atoms with E-state index < -0.39 is 15.8 Å². The molecule has 0 atom stereocenters. The number of rotatable bonds is 9. The third-order valence-corrected chi connectivity index (χ3v) is 5.29. The molecule has 120 valence electrons. The molecule has 0 saturated heterocycles. The van der Waals surface area contributed by atoms with Crippen molar-refractivity contribution < 1.29 is 12.8 Å². The molecule has 0 amide bonds. The van der Waals surface area contributed by atoms with Crippen molar-refractivity contribution in [3.05, 3.63) is 29.1 Å². The SMILES string of the molecule is CSCCCCCNS(=O)(=O)c1cc(C)c(F)c(CN)c1. The highest BCUT2D eigenvalue weighted by Gasteiger charge is 2.17. The van der Waals surface area contributed by atoms with E-state index in [0.29, 0.717) is 12.1 Å². The van der Waals surface area contributed by atoms with E-state index in [2.05, 4.69) is 11.0 Å². The van der Waals surface area contributed by atoms with Crippen molar-refractivity contribution in [2.45, 2.75) is 37.6 Å². The second kappa shape index (κ2) is 8.73. The molecule has 0 unspecified atom stereocenters. The first-order chi connectivity index (χ1) is 9.92. The molecule has 21 heavy (non-hydrogen) atoms. The number of thioether (sulfide) groups is 1. The lowest BCUT2D eigenvalue weighted by Gasteiger charge is -2.10. The van der Waals surface area contributed by atoms with Crippen LogP contribution < -0.4 is 10.5 Å². The van der Waals surface area contributed by atoms with Crippen molar-refractivity contribution in [1.82, 2.24) is 4.72 Å². The number of unbranched alkanes of at least 4 members (excludes halogenated alkanes) is 2. The van der Waals surface area contributed by atoms with Gasteiger partial charge in [-0.15, -0.1) is 0 Å². The van der Waals surface area contributed by atoms with Crippen LogP contribution in [-0.2, 0) is 16.6 Å². The third kappa shape index (κ3) is 5.58. The normalized spacial score (nSPS) is 11.8. The minimum absolute atomic E-state index is 0.0231. The van der Waals surface area contributed by atoms with Crippen LogP contribution in [0.4, 0.5) is 4.39 Å². The zero-order chi connectivity index (χ0) is 15.9. The van der Waals surface area contributed by atoms with Crippen molar-refractivity contribution >= 4 is 21.8 Å². The first-order valence-electron chi connectivity index (χ1n) is 6.90. The summed E-state index contributed by atoms with van der Waals surface area (Å²) in [6.07, 6.45) is 4.91. The number of aryl methyl sites for hydroxylation is 1. The van der Waals surface area contributed by atoms with E-state index in [-0.39, 0.29) is 17.0 Å². The van der Waals surface area contributed by atoms with Gasteiger partial charge in [-0.3, -0.25) is 0 Å². The van der Waals surface area contributed by atoms with E-state index in [9.17, 15) is 12.8 Å². The van der Waals surface area contributed by atoms with Crippen LogP contribution in [0.25, 0.3) is 0 Å². The maximum Gasteiger partial charge on any atom is 0.240 e. The summed E-state index contributed by atoms with van der Waals surface area (Å²) < 4.78 is 40.6. The second-order valence-electron chi connectivity index (χ2n) is 4.87. The number of nitrogens with one attached hydrogen (secondary N) is 1. The van der Waals surface area contributed by atoms with Gasteiger partial charge in [0.05, 0.1) is 4.90 Å². The largest absolute Gasteiger partial charge is 0.326 e. The topological polar surface area (TPSA) is 72.2 Å². The molecule has 0 aliphatic heterocycles. The minimum Gasteiger partial charge on any atom is -0.326 e. The van der Waals surface area contributed by atoms with Crippen molar-refractivity contribution in [1.29, 1.82) is 0 Å². The van der Waals surface area contributed by atoms with Gasteiger partial charge in [0.1, 0.15) is 5.82 Å². The predicted octanol–water partition coefficient (Wildman–Crippen LogP) is 2.40. The minimum atomic E-state index is -3.60. The Kier molecular flexibility index (Phi) is 7.65. The standard InChI is InChI=1S/C14H23FN2O2S2/c1-11-8-13(9-12(10-16)14(11)15)21(18,19)17-6-4-3-5-7-20-2/h8-9,17H,3-7,10,16H2,1-2H3. The molecule has 7 heteroatoms. The number of benzene rings is 1. The summed E-state index contributed by atoms with van der Waals surface area (Å²) in [4.78, 5) is 0.0750. The molecule has 1 aromatic rings. The first-order valence-corrected chi connectivity index (χ1v) is 9.77. The number of sulfonamides is 1. The van der Waals surface area contributed by atoms with Gasteiger partial charge in [-0.2, -0.15) is 11.8 Å². The van der Waals surface area contributed by atoms with Crippen LogP contribution in [0.2, 0.25) is 0 Å². The van der Waals surface area contributed by atoms with Gasteiger partial charge in [0.2, 0.25) is 10.0 Å². The molecule has 0 aliphatic carbocycles. The number of halogens is 1. The quantitative estimate of drug-likeness (QED) is 0.680. The zero-order valence-corrected chi connectivity index (χ0v) is 14.1. The van der Waals surface area contributed by atoms with Crippen LogP contribution in [0.5, 0.6) is 0 Å². The molecule has 4 nitrogen and oxygen atoms in total. The Morgan fingerprint density at radius 2 is 2.00 bits per heavy atom. The maximum absolute atomic E-state index is 13.7. The van der Waals surface area contributed by atoms with Gasteiger partial charge in [-0.05, 0) is 49.5 Å². The van der Waals surface area contributed by atoms with Gasteiger partial charge in [0.25, 0.3) is 0 Å². The Morgan fingerprint density at radius 1 is 1.29 bits per heavy atom. The Hall–Kier alpha value is -0.630. The summed E-state index contributed by atoms with van der Waals surface area (Å²) in [5.41, 5.74) is 5.95. The van der Waals surface area contributed by atoms with Crippen LogP contribution in [0.15, 0.2) is 17.0 Å². The molecule has 0 heterocycles. The van der Waals surface area contributed by atoms with Crippen LogP contribution in [0.1, 0.15) is 30.4 Å². The first kappa shape index (κ1) is 18.4. The Morgan fingerprint density at radius 3 is 2.62 bits per heavy atom. The van der Waals surface area contributed by atoms with E-state index in [1.165, 1.54) is 19.1 Å². The summed E-state index contributed by atoms with van der Waals surface area (Å²) in [6.45, 7) is 1.91. The van der Waals surface area contributed by atoms with Gasteiger partial charge in [0, 0.05) is 18.7 Å². The summed E-state index contributed by atoms with van der Waals surface area (Å²) in [5, 5.41) is 0. The van der Waals surface area contributed by atoms with Gasteiger partial charge in [-0.1, -0.05) is 6.42 Å². The van der Waals surface area contributed by atoms with Crippen molar-refractivity contribution in [3.8, 4) is 0 Å². The van der Waals surface area contributed by atoms with Crippen LogP contribution >= 0.6 is 11.8 Å². The average Bonchev–Trinajstić information content (AvgIpc) is 2.45. The third-order valence-electron chi connectivity index (χ3n) is 3.15. The summed E-state index contributed by atoms with van der Waals surface area (Å²) in [7, 11) is -3.60. The highest BCUT2D eigenvalue weighted by Crippen LogP contribution is 2.19. The van der Waals surface area contributed by atoms with Crippen molar-refractivity contribution in [2.24, 2.45) is 5.73 Å². The number of hydrogen-bond acceptors (Lipinski definition) is 4. The molecule has 0 aromatic heterocycles. The van der Waals surface area contributed by atoms with Gasteiger partial charge in [-0.25, -0.2) is 17.5 Å². The van der Waals surface area contributed by atoms with Crippen LogP contribution in [0, 0.1) is 12.7 Å². The molecular weight excluding hydrogens is 311 g/mol. The Bertz CT molecular complexity index is 562. The highest BCUT2D eigenvalue weighted by atomic mass is 32.2. The molecule has 0 bridgehead atoms. The molecule has 0 radical (unpaired) electrons. The Labute approximate surface area is 130 Å². The van der Waals surface area contributed by atoms with Crippen LogP contribution in [0.3, 0.4) is 0 Å². The monoisotopic (exact) mass is 334 g/mol. The number of hydrogen-bond donors (Lipinski definition) is 2. The van der Waals surface area contributed by atoms with E-state index in [1.807, 2.05) is 0 Å². The molecule has 0 saturated carbocycles. The average molecular weight is 334 g/mol. The van der Waals surface area contributed by atoms with E-state index in [1.54, 1.807) is 11.8 Å². The van der Waals surface area contributed by atoms with Gasteiger partial charge < -0.3 is 5.73 Å².